The standard InChI is InChI=1S/C18H19NO6/c1-22-12-4-6-15(23-2)13(8-12)14(20)9-19-18(21)11-3-5-16-17(7-11)25-10-24-16/h3-8,14,20H,9-10H2,1-2H3,(H,19,21)/t14-/m0/s1. The fraction of sp³-hybridized carbons (Fsp3) is 0.278. The summed E-state index contributed by atoms with van der Waals surface area (Å²) in [5.41, 5.74) is 0.960. The summed E-state index contributed by atoms with van der Waals surface area (Å²) < 4.78 is 20.9. The number of ether oxygens (including phenoxy) is 4. The number of aliphatic hydroxyl groups excluding tert-OH is 1. The Morgan fingerprint density at radius 3 is 2.72 bits per heavy atom. The van der Waals surface area contributed by atoms with Crippen molar-refractivity contribution in [1.82, 2.24) is 5.32 Å². The van der Waals surface area contributed by atoms with Crippen molar-refractivity contribution in [3.8, 4) is 23.0 Å². The minimum atomic E-state index is -0.942. The Hall–Kier alpha value is -2.93. The molecule has 0 radical (unpaired) electrons. The van der Waals surface area contributed by atoms with Crippen LogP contribution in [0.1, 0.15) is 22.0 Å². The third kappa shape index (κ3) is 3.61. The Balaban J connectivity index is 1.67. The highest BCUT2D eigenvalue weighted by molar-refractivity contribution is 5.94. The molecule has 1 heterocycles. The average Bonchev–Trinajstić information content (AvgIpc) is 3.12. The van der Waals surface area contributed by atoms with Crippen LogP contribution < -0.4 is 24.3 Å². The van der Waals surface area contributed by atoms with Gasteiger partial charge in [0.1, 0.15) is 17.6 Å². The molecule has 132 valence electrons. The van der Waals surface area contributed by atoms with Crippen LogP contribution in [0.2, 0.25) is 0 Å². The van der Waals surface area contributed by atoms with Gasteiger partial charge in [-0.15, -0.1) is 0 Å². The first-order chi connectivity index (χ1) is 12.1. The lowest BCUT2D eigenvalue weighted by molar-refractivity contribution is 0.0914. The first-order valence-electron chi connectivity index (χ1n) is 7.70. The Labute approximate surface area is 145 Å². The van der Waals surface area contributed by atoms with E-state index in [1.807, 2.05) is 0 Å². The highest BCUT2D eigenvalue weighted by atomic mass is 16.7. The van der Waals surface area contributed by atoms with Gasteiger partial charge in [0, 0.05) is 17.7 Å². The predicted molar refractivity (Wildman–Crippen MR) is 89.4 cm³/mol. The molecule has 25 heavy (non-hydrogen) atoms. The number of carbonyl (C=O) groups excluding carboxylic acids is 1. The minimum Gasteiger partial charge on any atom is -0.497 e. The van der Waals surface area contributed by atoms with Gasteiger partial charge in [-0.1, -0.05) is 0 Å². The van der Waals surface area contributed by atoms with Crippen LogP contribution in [-0.4, -0.2) is 38.6 Å². The first kappa shape index (κ1) is 16.9. The van der Waals surface area contributed by atoms with Crippen molar-refractivity contribution < 1.29 is 28.8 Å². The number of aliphatic hydroxyl groups is 1. The van der Waals surface area contributed by atoms with Gasteiger partial charge in [0.05, 0.1) is 14.2 Å². The lowest BCUT2D eigenvalue weighted by Gasteiger charge is -2.16. The quantitative estimate of drug-likeness (QED) is 0.832. The summed E-state index contributed by atoms with van der Waals surface area (Å²) in [4.78, 5) is 12.3. The van der Waals surface area contributed by atoms with E-state index in [2.05, 4.69) is 5.32 Å². The molecule has 1 atom stereocenters. The smallest absolute Gasteiger partial charge is 0.251 e. The van der Waals surface area contributed by atoms with E-state index < -0.39 is 6.10 Å². The van der Waals surface area contributed by atoms with Crippen LogP contribution in [0.3, 0.4) is 0 Å². The molecule has 7 nitrogen and oxygen atoms in total. The van der Waals surface area contributed by atoms with Gasteiger partial charge in [-0.2, -0.15) is 0 Å². The van der Waals surface area contributed by atoms with Crippen molar-refractivity contribution in [2.45, 2.75) is 6.10 Å². The maximum atomic E-state index is 12.3. The molecule has 0 unspecified atom stereocenters. The van der Waals surface area contributed by atoms with Crippen LogP contribution >= 0.6 is 0 Å². The summed E-state index contributed by atoms with van der Waals surface area (Å²) in [5.74, 6) is 1.93. The molecular formula is C18H19NO6. The van der Waals surface area contributed by atoms with E-state index in [0.29, 0.717) is 34.1 Å². The van der Waals surface area contributed by atoms with E-state index >= 15 is 0 Å². The normalized spacial score (nSPS) is 13.2. The molecule has 1 aliphatic rings. The fourth-order valence-electron chi connectivity index (χ4n) is 2.54. The molecule has 1 amide bonds. The van der Waals surface area contributed by atoms with E-state index in [4.69, 9.17) is 18.9 Å². The zero-order valence-electron chi connectivity index (χ0n) is 13.9. The van der Waals surface area contributed by atoms with E-state index in [1.165, 1.54) is 7.11 Å². The summed E-state index contributed by atoms with van der Waals surface area (Å²) in [6.07, 6.45) is -0.942. The Morgan fingerprint density at radius 1 is 1.16 bits per heavy atom. The molecule has 0 saturated carbocycles. The molecule has 7 heteroatoms. The number of nitrogens with one attached hydrogen (secondary N) is 1. The summed E-state index contributed by atoms with van der Waals surface area (Å²) in [6, 6.07) is 10.0. The summed E-state index contributed by atoms with van der Waals surface area (Å²) >= 11 is 0. The third-order valence-electron chi connectivity index (χ3n) is 3.89. The van der Waals surface area contributed by atoms with Gasteiger partial charge in [0.25, 0.3) is 5.91 Å². The van der Waals surface area contributed by atoms with Gasteiger partial charge in [0.2, 0.25) is 6.79 Å². The van der Waals surface area contributed by atoms with Crippen molar-refractivity contribution in [3.05, 3.63) is 47.5 Å². The van der Waals surface area contributed by atoms with Gasteiger partial charge in [-0.05, 0) is 36.4 Å². The van der Waals surface area contributed by atoms with Gasteiger partial charge in [-0.3, -0.25) is 4.79 Å². The predicted octanol–water partition coefficient (Wildman–Crippen LogP) is 1.90. The molecule has 3 rings (SSSR count). The van der Waals surface area contributed by atoms with Crippen molar-refractivity contribution in [2.24, 2.45) is 0 Å². The molecule has 0 aliphatic carbocycles. The lowest BCUT2D eigenvalue weighted by atomic mass is 10.1. The number of rotatable bonds is 6. The van der Waals surface area contributed by atoms with E-state index in [-0.39, 0.29) is 19.2 Å². The molecule has 2 aromatic carbocycles. The fourth-order valence-corrected chi connectivity index (χ4v) is 2.54. The molecule has 0 spiro atoms. The number of fused-ring (bicyclic) bond motifs is 1. The van der Waals surface area contributed by atoms with Gasteiger partial charge in [-0.25, -0.2) is 0 Å². The highest BCUT2D eigenvalue weighted by Crippen LogP contribution is 2.32. The van der Waals surface area contributed by atoms with E-state index in [9.17, 15) is 9.90 Å². The first-order valence-corrected chi connectivity index (χ1v) is 7.70. The summed E-state index contributed by atoms with van der Waals surface area (Å²) in [5, 5.41) is 13.1. The van der Waals surface area contributed by atoms with Crippen molar-refractivity contribution in [1.29, 1.82) is 0 Å². The Kier molecular flexibility index (Phi) is 4.95. The van der Waals surface area contributed by atoms with Crippen LogP contribution in [0.15, 0.2) is 36.4 Å². The van der Waals surface area contributed by atoms with Crippen LogP contribution in [0.5, 0.6) is 23.0 Å². The second kappa shape index (κ2) is 7.31. The van der Waals surface area contributed by atoms with Gasteiger partial charge in [0.15, 0.2) is 11.5 Å². The lowest BCUT2D eigenvalue weighted by Crippen LogP contribution is -2.28. The van der Waals surface area contributed by atoms with E-state index in [1.54, 1.807) is 43.5 Å². The Bertz CT molecular complexity index is 776. The second-order valence-electron chi connectivity index (χ2n) is 5.40. The van der Waals surface area contributed by atoms with Crippen LogP contribution in [0.4, 0.5) is 0 Å². The zero-order valence-corrected chi connectivity index (χ0v) is 13.9. The Morgan fingerprint density at radius 2 is 1.96 bits per heavy atom. The van der Waals surface area contributed by atoms with Crippen molar-refractivity contribution in [3.63, 3.8) is 0 Å². The maximum absolute atomic E-state index is 12.3. The third-order valence-corrected chi connectivity index (χ3v) is 3.89. The molecule has 0 aromatic heterocycles. The molecule has 0 saturated heterocycles. The van der Waals surface area contributed by atoms with Gasteiger partial charge < -0.3 is 29.4 Å². The second-order valence-corrected chi connectivity index (χ2v) is 5.40. The molecular weight excluding hydrogens is 326 g/mol. The average molecular weight is 345 g/mol. The van der Waals surface area contributed by atoms with E-state index in [0.717, 1.165) is 0 Å². The topological polar surface area (TPSA) is 86.2 Å². The molecule has 2 aromatic rings. The zero-order chi connectivity index (χ0) is 17.8. The monoisotopic (exact) mass is 345 g/mol. The minimum absolute atomic E-state index is 0.0246. The summed E-state index contributed by atoms with van der Waals surface area (Å²) in [7, 11) is 3.06. The number of hydrogen-bond donors (Lipinski definition) is 2. The number of hydrogen-bond acceptors (Lipinski definition) is 6. The molecule has 0 bridgehead atoms. The number of benzene rings is 2. The molecule has 0 fully saturated rings. The van der Waals surface area contributed by atoms with Crippen molar-refractivity contribution in [2.75, 3.05) is 27.6 Å². The number of carbonyl (C=O) groups is 1. The number of amides is 1. The SMILES string of the molecule is COc1ccc(OC)c([C@@H](O)CNC(=O)c2ccc3c(c2)OCO3)c1. The summed E-state index contributed by atoms with van der Waals surface area (Å²) in [6.45, 7) is 0.172. The molecule has 2 N–H and O–H groups in total. The molecule has 1 aliphatic heterocycles. The van der Waals surface area contributed by atoms with Crippen LogP contribution in [-0.2, 0) is 0 Å². The van der Waals surface area contributed by atoms with Crippen LogP contribution in [0.25, 0.3) is 0 Å². The highest BCUT2D eigenvalue weighted by Gasteiger charge is 2.18. The van der Waals surface area contributed by atoms with Crippen LogP contribution in [0, 0.1) is 0 Å². The van der Waals surface area contributed by atoms with Crippen molar-refractivity contribution >= 4 is 5.91 Å². The number of methoxy groups -OCH3 is 2. The largest absolute Gasteiger partial charge is 0.497 e. The van der Waals surface area contributed by atoms with Gasteiger partial charge >= 0.3 is 0 Å². The maximum Gasteiger partial charge on any atom is 0.251 e.